The molecule has 8 heteroatoms. The molecule has 0 bridgehead atoms. The van der Waals surface area contributed by atoms with Crippen molar-refractivity contribution in [3.05, 3.63) is 36.0 Å². The van der Waals surface area contributed by atoms with Crippen LogP contribution in [0.15, 0.2) is 30.5 Å². The van der Waals surface area contributed by atoms with E-state index in [1.54, 1.807) is 19.2 Å². The molecule has 1 aliphatic rings. The molecular formula is C20H23N2O5S+. The first-order valence-electron chi connectivity index (χ1n) is 9.19. The number of nitrogens with one attached hydrogen (secondary N) is 1. The zero-order valence-electron chi connectivity index (χ0n) is 15.8. The van der Waals surface area contributed by atoms with E-state index in [1.165, 1.54) is 6.92 Å². The summed E-state index contributed by atoms with van der Waals surface area (Å²) < 4.78 is -0.671. The van der Waals surface area contributed by atoms with Crippen molar-refractivity contribution in [2.24, 2.45) is 0 Å². The van der Waals surface area contributed by atoms with Crippen molar-refractivity contribution in [2.75, 3.05) is 6.54 Å². The number of nitrogens with zero attached hydrogens (tertiary/aromatic N) is 1. The maximum absolute atomic E-state index is 13.2. The third kappa shape index (κ3) is 3.49. The van der Waals surface area contributed by atoms with Crippen LogP contribution in [-0.2, 0) is 9.59 Å². The number of aromatic amines is 1. The highest BCUT2D eigenvalue weighted by atomic mass is 32.2. The minimum absolute atomic E-state index is 0.216. The van der Waals surface area contributed by atoms with Crippen molar-refractivity contribution in [2.45, 2.75) is 44.4 Å². The van der Waals surface area contributed by atoms with Crippen LogP contribution in [0.25, 0.3) is 10.9 Å². The molecule has 7 nitrogen and oxygen atoms in total. The molecule has 148 valence electrons. The van der Waals surface area contributed by atoms with Gasteiger partial charge in [-0.25, -0.2) is 4.79 Å². The lowest BCUT2D eigenvalue weighted by Gasteiger charge is -2.30. The third-order valence-electron chi connectivity index (χ3n) is 5.49. The number of hydrogen-bond donors (Lipinski definition) is 2. The number of imide groups is 1. The van der Waals surface area contributed by atoms with Crippen LogP contribution >= 0.6 is 11.8 Å². The minimum atomic E-state index is -1.19. The molecule has 3 atom stereocenters. The predicted octanol–water partition coefficient (Wildman–Crippen LogP) is 3.59. The van der Waals surface area contributed by atoms with Gasteiger partial charge in [0.25, 0.3) is 0 Å². The number of benzene rings is 1. The second-order valence-electron chi connectivity index (χ2n) is 7.17. The van der Waals surface area contributed by atoms with Gasteiger partial charge in [0.15, 0.2) is 10.9 Å². The van der Waals surface area contributed by atoms with Gasteiger partial charge in [0, 0.05) is 42.4 Å². The summed E-state index contributed by atoms with van der Waals surface area (Å²) in [6, 6.07) is 6.93. The summed E-state index contributed by atoms with van der Waals surface area (Å²) >= 11 is 0.787. The molecule has 2 unspecified atom stereocenters. The van der Waals surface area contributed by atoms with Crippen LogP contribution in [0.3, 0.4) is 0 Å². The van der Waals surface area contributed by atoms with Crippen LogP contribution in [0.5, 0.6) is 0 Å². The average molecular weight is 403 g/mol. The van der Waals surface area contributed by atoms with Crippen LogP contribution in [0.1, 0.15) is 43.5 Å². The summed E-state index contributed by atoms with van der Waals surface area (Å²) in [5.74, 6) is -0.870. The van der Waals surface area contributed by atoms with Crippen LogP contribution in [0, 0.1) is 0 Å². The van der Waals surface area contributed by atoms with Gasteiger partial charge in [-0.2, -0.15) is 9.28 Å². The normalized spacial score (nSPS) is 22.9. The van der Waals surface area contributed by atoms with E-state index in [1.807, 2.05) is 18.2 Å². The van der Waals surface area contributed by atoms with E-state index < -0.39 is 21.7 Å². The summed E-state index contributed by atoms with van der Waals surface area (Å²) in [5.41, 5.74) is 1.18. The Hall–Kier alpha value is -2.45. The van der Waals surface area contributed by atoms with Crippen LogP contribution < -0.4 is 0 Å². The number of fused-ring (bicyclic) bond motifs is 1. The predicted molar refractivity (Wildman–Crippen MR) is 106 cm³/mol. The summed E-state index contributed by atoms with van der Waals surface area (Å²) in [6.07, 6.45) is 1.37. The molecule has 28 heavy (non-hydrogen) atoms. The number of carbonyl (C=O) groups excluding carboxylic acids is 3. The zero-order chi connectivity index (χ0) is 20.5. The monoisotopic (exact) mass is 403 g/mol. The Balaban J connectivity index is 1.92. The van der Waals surface area contributed by atoms with Gasteiger partial charge in [-0.3, -0.25) is 9.59 Å². The second-order valence-corrected chi connectivity index (χ2v) is 8.55. The average Bonchev–Trinajstić information content (AvgIpc) is 3.24. The fourth-order valence-electron chi connectivity index (χ4n) is 4.00. The number of para-hydroxylation sites is 1. The molecule has 1 aromatic heterocycles. The molecule has 3 rings (SSSR count). The number of likely N-dealkylation sites (tertiary alicyclic amines) is 1. The largest absolute Gasteiger partial charge is 0.521 e. The fraction of sp³-hybridized carbons (Fsp3) is 0.400. The molecule has 0 spiro atoms. The van der Waals surface area contributed by atoms with Gasteiger partial charge in [-0.15, -0.1) is 0 Å². The van der Waals surface area contributed by atoms with Crippen molar-refractivity contribution >= 4 is 45.6 Å². The highest BCUT2D eigenvalue weighted by Gasteiger charge is 2.53. The number of amides is 2. The van der Waals surface area contributed by atoms with Gasteiger partial charge in [0.05, 0.1) is 18.2 Å². The third-order valence-corrected chi connectivity index (χ3v) is 6.48. The Morgan fingerprint density at radius 1 is 1.29 bits per heavy atom. The van der Waals surface area contributed by atoms with Gasteiger partial charge in [-0.1, -0.05) is 30.0 Å². The van der Waals surface area contributed by atoms with Crippen LogP contribution in [0.4, 0.5) is 4.79 Å². The first kappa shape index (κ1) is 20.3. The highest BCUT2D eigenvalue weighted by Crippen LogP contribution is 2.32. The van der Waals surface area contributed by atoms with Crippen molar-refractivity contribution in [1.29, 1.82) is 0 Å². The summed E-state index contributed by atoms with van der Waals surface area (Å²) in [4.78, 5) is 52.9. The number of rotatable bonds is 5. The molecule has 2 aromatic rings. The number of carbonyl (C=O) groups is 4. The number of carboxylic acid groups (broad SMARTS) is 1. The Morgan fingerprint density at radius 2 is 2.00 bits per heavy atom. The van der Waals surface area contributed by atoms with E-state index in [0.29, 0.717) is 23.8 Å². The van der Waals surface area contributed by atoms with Crippen LogP contribution in [-0.4, -0.2) is 55.3 Å². The SMILES string of the molecule is CC(=O)SC(CC(=O)[N+]1(C(=O)O)CCC[C@H]1C)C(=O)c1c[nH]c2ccccc12. The standard InChI is InChI=1S/C20H22N2O5S/c1-12-6-5-9-22(12,20(26)27)18(24)10-17(28-13(2)23)19(25)15-11-21-16-8-4-3-7-14(15)16/h3-4,7-8,11-12,17H,5-6,9-10H2,1-2H3,(H-,21,25,26,27)/p+1/t12-,17?,22?/m1/s1. The number of hydrogen-bond acceptors (Lipinski definition) is 5. The Kier molecular flexibility index (Phi) is 5.71. The maximum atomic E-state index is 13.2. The van der Waals surface area contributed by atoms with Crippen molar-refractivity contribution < 1.29 is 28.8 Å². The molecule has 1 aromatic carbocycles. The van der Waals surface area contributed by atoms with E-state index in [0.717, 1.165) is 17.3 Å². The Bertz CT molecular complexity index is 953. The van der Waals surface area contributed by atoms with Gasteiger partial charge in [0.1, 0.15) is 6.04 Å². The zero-order valence-corrected chi connectivity index (χ0v) is 16.6. The second kappa shape index (κ2) is 7.89. The molecular weight excluding hydrogens is 380 g/mol. The molecule has 1 saturated heterocycles. The lowest BCUT2D eigenvalue weighted by atomic mass is 10.0. The van der Waals surface area contributed by atoms with E-state index in [9.17, 15) is 24.3 Å². The summed E-state index contributed by atoms with van der Waals surface area (Å²) in [5, 5.41) is 9.22. The van der Waals surface area contributed by atoms with Crippen LogP contribution in [0.2, 0.25) is 0 Å². The lowest BCUT2D eigenvalue weighted by Crippen LogP contribution is -2.59. The van der Waals surface area contributed by atoms with Gasteiger partial charge >= 0.3 is 12.0 Å². The van der Waals surface area contributed by atoms with Crippen molar-refractivity contribution in [3.63, 3.8) is 0 Å². The van der Waals surface area contributed by atoms with Crippen molar-refractivity contribution in [1.82, 2.24) is 4.98 Å². The van der Waals surface area contributed by atoms with Gasteiger partial charge < -0.3 is 10.1 Å². The van der Waals surface area contributed by atoms with Crippen molar-refractivity contribution in [3.8, 4) is 0 Å². The van der Waals surface area contributed by atoms with E-state index in [2.05, 4.69) is 4.98 Å². The molecule has 2 N–H and O–H groups in total. The van der Waals surface area contributed by atoms with Gasteiger partial charge in [-0.05, 0) is 13.0 Å². The number of thioether (sulfide) groups is 1. The topological polar surface area (TPSA) is 104 Å². The number of aromatic nitrogens is 1. The molecule has 0 radical (unpaired) electrons. The molecule has 1 aliphatic heterocycles. The summed E-state index contributed by atoms with van der Waals surface area (Å²) in [6.45, 7) is 3.30. The number of quaternary nitrogens is 1. The van der Waals surface area contributed by atoms with E-state index in [-0.39, 0.29) is 29.9 Å². The molecule has 2 amide bonds. The summed E-state index contributed by atoms with van der Waals surface area (Å²) in [7, 11) is 0. The first-order valence-corrected chi connectivity index (χ1v) is 10.1. The highest BCUT2D eigenvalue weighted by molar-refractivity contribution is 8.14. The lowest BCUT2D eigenvalue weighted by molar-refractivity contribution is -0.792. The Morgan fingerprint density at radius 3 is 2.61 bits per heavy atom. The quantitative estimate of drug-likeness (QED) is 0.584. The van der Waals surface area contributed by atoms with E-state index >= 15 is 0 Å². The molecule has 1 fully saturated rings. The maximum Gasteiger partial charge on any atom is 0.521 e. The Labute approximate surface area is 166 Å². The van der Waals surface area contributed by atoms with E-state index in [4.69, 9.17) is 0 Å². The first-order chi connectivity index (χ1) is 13.3. The fourth-order valence-corrected chi connectivity index (χ4v) is 4.86. The number of H-pyrrole nitrogens is 1. The number of ketones is 1. The van der Waals surface area contributed by atoms with Gasteiger partial charge in [0.2, 0.25) is 0 Å². The molecule has 0 aliphatic carbocycles. The molecule has 2 heterocycles. The number of Topliss-reactive ketones (excluding diaryl/α,β-unsaturated/α-hetero) is 1. The minimum Gasteiger partial charge on any atom is -0.435 e. The molecule has 0 saturated carbocycles. The smallest absolute Gasteiger partial charge is 0.435 e.